The van der Waals surface area contributed by atoms with Gasteiger partial charge in [0.1, 0.15) is 0 Å². The Hall–Kier alpha value is -4.21. The maximum atomic E-state index is 13.0. The molecule has 1 fully saturated rings. The SMILES string of the molecule is CC(=O)c1cc2c(cc1NC(=O)COC(=O)c1ccc3c(c1)C(=O)N(C1CCCCC1)C3=O)OCO2. The predicted octanol–water partition coefficient (Wildman–Crippen LogP) is 3.34. The molecule has 2 aromatic carbocycles. The van der Waals surface area contributed by atoms with Crippen LogP contribution >= 0.6 is 0 Å². The number of rotatable bonds is 6. The molecule has 3 aliphatic rings. The number of esters is 1. The van der Waals surface area contributed by atoms with Gasteiger partial charge in [0, 0.05) is 17.7 Å². The lowest BCUT2D eigenvalue weighted by Crippen LogP contribution is -2.40. The van der Waals surface area contributed by atoms with Gasteiger partial charge in [0.05, 0.1) is 22.4 Å². The van der Waals surface area contributed by atoms with Crippen LogP contribution in [0.4, 0.5) is 5.69 Å². The Morgan fingerprint density at radius 2 is 1.67 bits per heavy atom. The molecular weight excluding hydrogens is 468 g/mol. The summed E-state index contributed by atoms with van der Waals surface area (Å²) in [6.07, 6.45) is 4.60. The number of fused-ring (bicyclic) bond motifs is 2. The Kier molecular flexibility index (Phi) is 6.17. The minimum absolute atomic E-state index is 0.00891. The highest BCUT2D eigenvalue weighted by molar-refractivity contribution is 6.22. The van der Waals surface area contributed by atoms with Crippen molar-refractivity contribution in [3.8, 4) is 11.5 Å². The number of imide groups is 1. The summed E-state index contributed by atoms with van der Waals surface area (Å²) < 4.78 is 15.7. The van der Waals surface area contributed by atoms with Crippen LogP contribution in [0.5, 0.6) is 11.5 Å². The summed E-state index contributed by atoms with van der Waals surface area (Å²) in [5, 5.41) is 2.55. The zero-order chi connectivity index (χ0) is 25.4. The summed E-state index contributed by atoms with van der Waals surface area (Å²) in [5.74, 6) is -1.74. The third-order valence-electron chi connectivity index (χ3n) is 6.59. The molecule has 0 bridgehead atoms. The summed E-state index contributed by atoms with van der Waals surface area (Å²) in [6.45, 7) is 0.736. The Labute approximate surface area is 206 Å². The molecule has 2 aliphatic heterocycles. The van der Waals surface area contributed by atoms with Crippen molar-refractivity contribution in [2.24, 2.45) is 0 Å². The van der Waals surface area contributed by atoms with Gasteiger partial charge >= 0.3 is 5.97 Å². The van der Waals surface area contributed by atoms with Crippen LogP contribution in [0.3, 0.4) is 0 Å². The normalized spacial score (nSPS) is 16.6. The van der Waals surface area contributed by atoms with E-state index in [1.807, 2.05) is 0 Å². The van der Waals surface area contributed by atoms with E-state index in [4.69, 9.17) is 14.2 Å². The van der Waals surface area contributed by atoms with Crippen molar-refractivity contribution < 1.29 is 38.2 Å². The van der Waals surface area contributed by atoms with Crippen molar-refractivity contribution in [1.29, 1.82) is 0 Å². The molecule has 5 rings (SSSR count). The van der Waals surface area contributed by atoms with E-state index in [0.29, 0.717) is 11.5 Å². The molecule has 1 N–H and O–H groups in total. The standard InChI is InChI=1S/C26H24N2O8/c1-14(29)18-10-21-22(36-13-35-21)11-20(18)27-23(30)12-34-26(33)15-7-8-17-19(9-15)25(32)28(24(17)31)16-5-3-2-4-6-16/h7-11,16H,2-6,12-13H2,1H3,(H,27,30). The maximum Gasteiger partial charge on any atom is 0.338 e. The third-order valence-corrected chi connectivity index (χ3v) is 6.59. The number of benzene rings is 2. The third kappa shape index (κ3) is 4.30. The average Bonchev–Trinajstić information content (AvgIpc) is 3.43. The first-order chi connectivity index (χ1) is 17.3. The number of ether oxygens (including phenoxy) is 3. The summed E-state index contributed by atoms with van der Waals surface area (Å²) >= 11 is 0. The van der Waals surface area contributed by atoms with E-state index in [0.717, 1.165) is 32.1 Å². The monoisotopic (exact) mass is 492 g/mol. The molecular formula is C26H24N2O8. The van der Waals surface area contributed by atoms with Crippen LogP contribution < -0.4 is 14.8 Å². The Morgan fingerprint density at radius 1 is 0.972 bits per heavy atom. The molecule has 10 heteroatoms. The molecule has 0 atom stereocenters. The number of hydrogen-bond donors (Lipinski definition) is 1. The number of hydrogen-bond acceptors (Lipinski definition) is 8. The molecule has 0 saturated heterocycles. The number of amides is 3. The maximum absolute atomic E-state index is 13.0. The molecule has 0 radical (unpaired) electrons. The Balaban J connectivity index is 1.24. The van der Waals surface area contributed by atoms with Gasteiger partial charge in [0.25, 0.3) is 17.7 Å². The van der Waals surface area contributed by atoms with Crippen molar-refractivity contribution in [1.82, 2.24) is 4.90 Å². The van der Waals surface area contributed by atoms with Crippen LogP contribution in [0, 0.1) is 0 Å². The number of nitrogens with zero attached hydrogens (tertiary/aromatic N) is 1. The van der Waals surface area contributed by atoms with E-state index < -0.39 is 24.4 Å². The first-order valence-electron chi connectivity index (χ1n) is 11.8. The topological polar surface area (TPSA) is 128 Å². The molecule has 1 saturated carbocycles. The summed E-state index contributed by atoms with van der Waals surface area (Å²) in [6, 6.07) is 7.01. The average molecular weight is 492 g/mol. The quantitative estimate of drug-likeness (QED) is 0.369. The van der Waals surface area contributed by atoms with E-state index in [1.165, 1.54) is 42.2 Å². The van der Waals surface area contributed by atoms with Crippen LogP contribution in [-0.4, -0.2) is 53.8 Å². The minimum Gasteiger partial charge on any atom is -0.454 e. The van der Waals surface area contributed by atoms with E-state index in [2.05, 4.69) is 5.32 Å². The summed E-state index contributed by atoms with van der Waals surface area (Å²) in [5.41, 5.74) is 0.913. The van der Waals surface area contributed by atoms with E-state index in [9.17, 15) is 24.0 Å². The molecule has 2 heterocycles. The molecule has 186 valence electrons. The fourth-order valence-electron chi connectivity index (χ4n) is 4.79. The first kappa shape index (κ1) is 23.5. The van der Waals surface area contributed by atoms with Gasteiger partial charge in [-0.1, -0.05) is 19.3 Å². The van der Waals surface area contributed by atoms with Gasteiger partial charge in [-0.15, -0.1) is 0 Å². The van der Waals surface area contributed by atoms with Crippen LogP contribution in [0.15, 0.2) is 30.3 Å². The van der Waals surface area contributed by atoms with Gasteiger partial charge in [-0.3, -0.25) is 24.1 Å². The molecule has 10 nitrogen and oxygen atoms in total. The fourth-order valence-corrected chi connectivity index (χ4v) is 4.79. The van der Waals surface area contributed by atoms with E-state index in [-0.39, 0.29) is 52.5 Å². The molecule has 0 aromatic heterocycles. The van der Waals surface area contributed by atoms with Gasteiger partial charge < -0.3 is 19.5 Å². The minimum atomic E-state index is -0.818. The van der Waals surface area contributed by atoms with Gasteiger partial charge in [0.15, 0.2) is 23.9 Å². The molecule has 1 aliphatic carbocycles. The lowest BCUT2D eigenvalue weighted by Gasteiger charge is -2.29. The number of nitrogens with one attached hydrogen (secondary N) is 1. The largest absolute Gasteiger partial charge is 0.454 e. The number of anilines is 1. The second-order valence-electron chi connectivity index (χ2n) is 8.96. The summed E-state index contributed by atoms with van der Waals surface area (Å²) in [7, 11) is 0. The van der Waals surface area contributed by atoms with Gasteiger partial charge in [-0.05, 0) is 44.0 Å². The van der Waals surface area contributed by atoms with Crippen LogP contribution in [0.2, 0.25) is 0 Å². The van der Waals surface area contributed by atoms with E-state index in [1.54, 1.807) is 0 Å². The predicted molar refractivity (Wildman–Crippen MR) is 125 cm³/mol. The highest BCUT2D eigenvalue weighted by Gasteiger charge is 2.40. The van der Waals surface area contributed by atoms with Gasteiger partial charge in [0.2, 0.25) is 6.79 Å². The zero-order valence-corrected chi connectivity index (χ0v) is 19.6. The Bertz CT molecular complexity index is 1300. The second-order valence-corrected chi connectivity index (χ2v) is 8.96. The van der Waals surface area contributed by atoms with Crippen LogP contribution in [0.25, 0.3) is 0 Å². The molecule has 0 spiro atoms. The van der Waals surface area contributed by atoms with Crippen LogP contribution in [-0.2, 0) is 9.53 Å². The van der Waals surface area contributed by atoms with Crippen molar-refractivity contribution in [3.63, 3.8) is 0 Å². The lowest BCUT2D eigenvalue weighted by atomic mass is 9.94. The van der Waals surface area contributed by atoms with Crippen molar-refractivity contribution in [2.45, 2.75) is 45.1 Å². The number of carbonyl (C=O) groups excluding carboxylic acids is 5. The van der Waals surface area contributed by atoms with Crippen LogP contribution in [0.1, 0.15) is 80.5 Å². The summed E-state index contributed by atoms with van der Waals surface area (Å²) in [4.78, 5) is 64.1. The highest BCUT2D eigenvalue weighted by atomic mass is 16.7. The highest BCUT2D eigenvalue weighted by Crippen LogP contribution is 2.37. The van der Waals surface area contributed by atoms with Gasteiger partial charge in [-0.25, -0.2) is 4.79 Å². The molecule has 2 aromatic rings. The second kappa shape index (κ2) is 9.44. The number of ketones is 1. The molecule has 36 heavy (non-hydrogen) atoms. The smallest absolute Gasteiger partial charge is 0.338 e. The number of carbonyl (C=O) groups is 5. The van der Waals surface area contributed by atoms with Crippen molar-refractivity contribution >= 4 is 35.2 Å². The zero-order valence-electron chi connectivity index (χ0n) is 19.6. The first-order valence-corrected chi connectivity index (χ1v) is 11.8. The lowest BCUT2D eigenvalue weighted by molar-refractivity contribution is -0.119. The molecule has 3 amide bonds. The van der Waals surface area contributed by atoms with E-state index >= 15 is 0 Å². The van der Waals surface area contributed by atoms with Crippen molar-refractivity contribution in [2.75, 3.05) is 18.7 Å². The number of Topliss-reactive ketones (excluding diaryl/α,β-unsaturated/α-hetero) is 1. The fraction of sp³-hybridized carbons (Fsp3) is 0.346. The Morgan fingerprint density at radius 3 is 2.39 bits per heavy atom. The molecule has 0 unspecified atom stereocenters. The van der Waals surface area contributed by atoms with Crippen molar-refractivity contribution in [3.05, 3.63) is 52.6 Å². The van der Waals surface area contributed by atoms with Gasteiger partial charge in [-0.2, -0.15) is 0 Å².